The zero-order valence-corrected chi connectivity index (χ0v) is 11.5. The van der Waals surface area contributed by atoms with E-state index in [-0.39, 0.29) is 6.42 Å². The minimum atomic E-state index is -6.48. The molecule has 0 aromatic rings. The fourth-order valence-corrected chi connectivity index (χ4v) is 2.74. The van der Waals surface area contributed by atoms with E-state index in [1.165, 1.54) is 6.92 Å². The van der Waals surface area contributed by atoms with Gasteiger partial charge in [0.2, 0.25) is 0 Å². The molecule has 0 heterocycles. The van der Waals surface area contributed by atoms with Crippen molar-refractivity contribution in [2.24, 2.45) is 0 Å². The molecule has 0 rings (SSSR count). The number of rotatable bonds is 7. The molecule has 0 bridgehead atoms. The van der Waals surface area contributed by atoms with Crippen LogP contribution in [0.2, 0.25) is 0 Å². The van der Waals surface area contributed by atoms with Gasteiger partial charge in [-0.15, -0.1) is 0 Å². The van der Waals surface area contributed by atoms with Crippen LogP contribution in [0.1, 0.15) is 19.8 Å². The Balaban J connectivity index is 5.48. The van der Waals surface area contributed by atoms with Crippen LogP contribution in [0.5, 0.6) is 0 Å². The van der Waals surface area contributed by atoms with E-state index in [1.807, 2.05) is 0 Å². The van der Waals surface area contributed by atoms with Crippen LogP contribution in [0.25, 0.3) is 0 Å². The van der Waals surface area contributed by atoms with Crippen molar-refractivity contribution in [1.82, 2.24) is 0 Å². The van der Waals surface area contributed by atoms with Crippen LogP contribution >= 0.6 is 7.60 Å². The van der Waals surface area contributed by atoms with Crippen molar-refractivity contribution >= 4 is 7.60 Å². The summed E-state index contributed by atoms with van der Waals surface area (Å²) in [7, 11) is -6.11. The Kier molecular flexibility index (Phi) is 6.36. The summed E-state index contributed by atoms with van der Waals surface area (Å²) in [6.07, 6.45) is -27.5. The molecule has 0 unspecified atom stereocenters. The second-order valence-electron chi connectivity index (χ2n) is 3.90. The number of hydrogen-bond donors (Lipinski definition) is 0. The highest BCUT2D eigenvalue weighted by atomic mass is 31.2. The first kappa shape index (κ1) is 21.4. The predicted octanol–water partition coefficient (Wildman–Crippen LogP) is 5.32. The monoisotopic (exact) mass is 374 g/mol. The van der Waals surface area contributed by atoms with Gasteiger partial charge in [0.1, 0.15) is 0 Å². The first-order valence-corrected chi connectivity index (χ1v) is 7.10. The van der Waals surface area contributed by atoms with Crippen molar-refractivity contribution in [3.8, 4) is 0 Å². The van der Waals surface area contributed by atoms with Crippen LogP contribution in [-0.2, 0) is 13.6 Å². The van der Waals surface area contributed by atoms with Crippen LogP contribution < -0.4 is 0 Å². The van der Waals surface area contributed by atoms with Crippen molar-refractivity contribution in [2.45, 2.75) is 44.3 Å². The zero-order chi connectivity index (χ0) is 18.0. The maximum Gasteiger partial charge on any atom is 0.483 e. The lowest BCUT2D eigenvalue weighted by molar-refractivity contribution is -0.381. The Labute approximate surface area is 117 Å². The number of unbranched alkanes of at least 4 members (excludes halogenated alkanes) is 1. The lowest BCUT2D eigenvalue weighted by Gasteiger charge is -2.28. The molecule has 22 heavy (non-hydrogen) atoms. The molecule has 0 aromatic heterocycles. The first-order valence-electron chi connectivity index (χ1n) is 5.37. The van der Waals surface area contributed by atoms with Gasteiger partial charge in [0.05, 0.1) is 6.16 Å². The van der Waals surface area contributed by atoms with E-state index in [0.717, 1.165) is 0 Å². The standard InChI is InChI=1S/C8H9F10O3P/c1-2-3-4-22(19,20-7(15,16)5(9,10)11)21-8(17,18)6(12,13)14/h2-4H2,1H3. The second-order valence-corrected chi connectivity index (χ2v) is 5.93. The summed E-state index contributed by atoms with van der Waals surface area (Å²) in [6.45, 7) is 1.27. The molecule has 0 aliphatic rings. The summed E-state index contributed by atoms with van der Waals surface area (Å²) in [5.41, 5.74) is 0. The number of halogens is 10. The minimum absolute atomic E-state index is 0.0775. The maximum atomic E-state index is 12.6. The molecule has 0 aliphatic heterocycles. The topological polar surface area (TPSA) is 35.5 Å². The molecule has 3 nitrogen and oxygen atoms in total. The quantitative estimate of drug-likeness (QED) is 0.447. The summed E-state index contributed by atoms with van der Waals surface area (Å²) in [5, 5.41) is 0. The van der Waals surface area contributed by atoms with Crippen molar-refractivity contribution in [1.29, 1.82) is 0 Å². The van der Waals surface area contributed by atoms with Gasteiger partial charge in [-0.2, -0.15) is 43.9 Å². The smallest absolute Gasteiger partial charge is 0.260 e. The average Bonchev–Trinajstić information content (AvgIpc) is 2.21. The SMILES string of the molecule is CCCCP(=O)(OC(F)(F)C(F)(F)F)OC(F)(F)C(F)(F)F. The van der Waals surface area contributed by atoms with Crippen LogP contribution in [0.3, 0.4) is 0 Å². The van der Waals surface area contributed by atoms with E-state index in [1.54, 1.807) is 0 Å². The Morgan fingerprint density at radius 1 is 0.773 bits per heavy atom. The summed E-state index contributed by atoms with van der Waals surface area (Å²) in [6, 6.07) is 0. The Morgan fingerprint density at radius 2 is 1.09 bits per heavy atom. The summed E-state index contributed by atoms with van der Waals surface area (Å²) >= 11 is 0. The van der Waals surface area contributed by atoms with E-state index >= 15 is 0 Å². The third-order valence-corrected chi connectivity index (χ3v) is 3.83. The van der Waals surface area contributed by atoms with Gasteiger partial charge in [0.25, 0.3) is 0 Å². The third kappa shape index (κ3) is 5.58. The van der Waals surface area contributed by atoms with Crippen molar-refractivity contribution < 1.29 is 57.5 Å². The van der Waals surface area contributed by atoms with E-state index in [2.05, 4.69) is 9.05 Å². The normalized spacial score (nSPS) is 15.2. The molecule has 134 valence electrons. The molecule has 14 heteroatoms. The molecule has 0 saturated carbocycles. The van der Waals surface area contributed by atoms with Gasteiger partial charge in [0.15, 0.2) is 0 Å². The first-order chi connectivity index (χ1) is 9.47. The summed E-state index contributed by atoms with van der Waals surface area (Å²) < 4.78 is 139. The lowest BCUT2D eigenvalue weighted by Crippen LogP contribution is -2.42. The van der Waals surface area contributed by atoms with E-state index in [4.69, 9.17) is 0 Å². The highest BCUT2D eigenvalue weighted by Gasteiger charge is 2.67. The highest BCUT2D eigenvalue weighted by Crippen LogP contribution is 2.60. The van der Waals surface area contributed by atoms with Crippen LogP contribution in [-0.4, -0.2) is 30.7 Å². The van der Waals surface area contributed by atoms with Gasteiger partial charge >= 0.3 is 32.2 Å². The van der Waals surface area contributed by atoms with Crippen LogP contribution in [0.4, 0.5) is 43.9 Å². The Morgan fingerprint density at radius 3 is 1.32 bits per heavy atom. The number of hydrogen-bond acceptors (Lipinski definition) is 3. The van der Waals surface area contributed by atoms with Crippen LogP contribution in [0.15, 0.2) is 0 Å². The molecular formula is C8H9F10O3P. The lowest BCUT2D eigenvalue weighted by atomic mass is 10.4. The Bertz CT molecular complexity index is 383. The van der Waals surface area contributed by atoms with Gasteiger partial charge in [-0.05, 0) is 6.42 Å². The maximum absolute atomic E-state index is 12.6. The Hall–Kier alpha value is -0.550. The van der Waals surface area contributed by atoms with Gasteiger partial charge < -0.3 is 0 Å². The molecule has 0 N–H and O–H groups in total. The van der Waals surface area contributed by atoms with Crippen molar-refractivity contribution in [2.75, 3.05) is 6.16 Å². The van der Waals surface area contributed by atoms with E-state index < -0.39 is 44.7 Å². The van der Waals surface area contributed by atoms with Gasteiger partial charge in [-0.1, -0.05) is 13.3 Å². The van der Waals surface area contributed by atoms with E-state index in [0.29, 0.717) is 0 Å². The molecular weight excluding hydrogens is 365 g/mol. The highest BCUT2D eigenvalue weighted by molar-refractivity contribution is 7.53. The van der Waals surface area contributed by atoms with Gasteiger partial charge in [-0.3, -0.25) is 4.57 Å². The molecule has 0 aromatic carbocycles. The minimum Gasteiger partial charge on any atom is -0.260 e. The molecule has 0 atom stereocenters. The summed E-state index contributed by atoms with van der Waals surface area (Å²) in [4.78, 5) is 0. The van der Waals surface area contributed by atoms with Crippen LogP contribution in [0, 0.1) is 0 Å². The third-order valence-electron chi connectivity index (χ3n) is 1.95. The molecule has 0 amide bonds. The van der Waals surface area contributed by atoms with E-state index in [9.17, 15) is 48.5 Å². The molecule has 0 radical (unpaired) electrons. The molecule has 0 fully saturated rings. The van der Waals surface area contributed by atoms with Crippen molar-refractivity contribution in [3.05, 3.63) is 0 Å². The molecule has 0 spiro atoms. The fraction of sp³-hybridized carbons (Fsp3) is 1.00. The predicted molar refractivity (Wildman–Crippen MR) is 51.6 cm³/mol. The largest absolute Gasteiger partial charge is 0.483 e. The molecule has 0 saturated heterocycles. The fourth-order valence-electron chi connectivity index (χ4n) is 0.915. The van der Waals surface area contributed by atoms with Gasteiger partial charge in [0, 0.05) is 0 Å². The van der Waals surface area contributed by atoms with Gasteiger partial charge in [-0.25, -0.2) is 9.05 Å². The zero-order valence-electron chi connectivity index (χ0n) is 10.6. The summed E-state index contributed by atoms with van der Waals surface area (Å²) in [5.74, 6) is 0. The average molecular weight is 374 g/mol. The van der Waals surface area contributed by atoms with Crippen molar-refractivity contribution in [3.63, 3.8) is 0 Å². The second kappa shape index (κ2) is 6.52. The number of alkyl halides is 10. The molecule has 0 aliphatic carbocycles.